The van der Waals surface area contributed by atoms with Crippen molar-refractivity contribution in [3.05, 3.63) is 46.6 Å². The van der Waals surface area contributed by atoms with Gasteiger partial charge in [0.05, 0.1) is 18.3 Å². The van der Waals surface area contributed by atoms with E-state index in [9.17, 15) is 4.79 Å². The summed E-state index contributed by atoms with van der Waals surface area (Å²) >= 11 is 0. The van der Waals surface area contributed by atoms with Crippen molar-refractivity contribution in [3.63, 3.8) is 0 Å². The molecular weight excluding hydrogens is 242 g/mol. The minimum Gasteiger partial charge on any atom is -0.497 e. The van der Waals surface area contributed by atoms with Gasteiger partial charge in [-0.3, -0.25) is 4.79 Å². The third-order valence-corrected chi connectivity index (χ3v) is 3.12. The first-order valence-electron chi connectivity index (χ1n) is 5.74. The van der Waals surface area contributed by atoms with E-state index in [0.717, 1.165) is 11.0 Å². The van der Waals surface area contributed by atoms with Gasteiger partial charge in [-0.25, -0.2) is 5.53 Å². The van der Waals surface area contributed by atoms with Crippen molar-refractivity contribution in [2.24, 2.45) is 5.11 Å². The van der Waals surface area contributed by atoms with E-state index in [1.165, 1.54) is 0 Å². The summed E-state index contributed by atoms with van der Waals surface area (Å²) in [4.78, 5) is 15.6. The lowest BCUT2D eigenvalue weighted by atomic mass is 10.1. The number of hydrogen-bond donors (Lipinski definition) is 2. The van der Waals surface area contributed by atoms with Gasteiger partial charge in [0.25, 0.3) is 0 Å². The topological polar surface area (TPSA) is 78.3 Å². The molecule has 0 aliphatic heterocycles. The molecule has 0 saturated carbocycles. The summed E-state index contributed by atoms with van der Waals surface area (Å²) in [6.45, 7) is 0. The summed E-state index contributed by atoms with van der Waals surface area (Å²) in [5, 5.41) is 4.43. The van der Waals surface area contributed by atoms with Crippen LogP contribution >= 0.6 is 0 Å². The average molecular weight is 253 g/mol. The van der Waals surface area contributed by atoms with Crippen molar-refractivity contribution >= 4 is 27.5 Å². The predicted molar refractivity (Wildman–Crippen MR) is 73.4 cm³/mol. The van der Waals surface area contributed by atoms with Gasteiger partial charge in [0, 0.05) is 16.3 Å². The van der Waals surface area contributed by atoms with Crippen LogP contribution in [0.3, 0.4) is 0 Å². The van der Waals surface area contributed by atoms with E-state index < -0.39 is 0 Å². The van der Waals surface area contributed by atoms with Gasteiger partial charge in [-0.2, -0.15) is 5.11 Å². The molecule has 0 radical (unpaired) electrons. The molecule has 0 bridgehead atoms. The molecule has 0 unspecified atom stereocenters. The lowest BCUT2D eigenvalue weighted by Gasteiger charge is -2.05. The number of benzene rings is 2. The fourth-order valence-electron chi connectivity index (χ4n) is 2.14. The van der Waals surface area contributed by atoms with Crippen LogP contribution in [0.1, 0.15) is 0 Å². The van der Waals surface area contributed by atoms with E-state index >= 15 is 0 Å². The number of aromatic nitrogens is 1. The summed E-state index contributed by atoms with van der Waals surface area (Å²) in [5.74, 6) is 0.638. The zero-order valence-corrected chi connectivity index (χ0v) is 10.2. The highest BCUT2D eigenvalue weighted by molar-refractivity contribution is 5.94. The van der Waals surface area contributed by atoms with Crippen molar-refractivity contribution < 1.29 is 4.74 Å². The number of fused-ring (bicyclic) bond motifs is 2. The fraction of sp³-hybridized carbons (Fsp3) is 0.0714. The fourth-order valence-corrected chi connectivity index (χ4v) is 2.14. The van der Waals surface area contributed by atoms with E-state index in [4.69, 9.17) is 10.3 Å². The third-order valence-electron chi connectivity index (χ3n) is 3.12. The Morgan fingerprint density at radius 2 is 1.79 bits per heavy atom. The molecule has 0 fully saturated rings. The highest BCUT2D eigenvalue weighted by atomic mass is 16.5. The zero-order chi connectivity index (χ0) is 13.4. The first-order valence-corrected chi connectivity index (χ1v) is 5.74. The van der Waals surface area contributed by atoms with Crippen LogP contribution in [-0.4, -0.2) is 12.1 Å². The number of aromatic amines is 1. The summed E-state index contributed by atoms with van der Waals surface area (Å²) in [5.41, 5.74) is 8.87. The Bertz CT molecular complexity index is 852. The molecule has 2 aromatic carbocycles. The molecule has 0 atom stereocenters. The van der Waals surface area contributed by atoms with Crippen LogP contribution in [0.5, 0.6) is 5.75 Å². The summed E-state index contributed by atoms with van der Waals surface area (Å²) in [6.07, 6.45) is 0. The molecule has 5 heteroatoms. The van der Waals surface area contributed by atoms with Crippen molar-refractivity contribution in [1.82, 2.24) is 4.98 Å². The summed E-state index contributed by atoms with van der Waals surface area (Å²) in [6, 6.07) is 10.4. The molecule has 0 aliphatic rings. The lowest BCUT2D eigenvalue weighted by Crippen LogP contribution is -2.04. The van der Waals surface area contributed by atoms with Crippen LogP contribution in [-0.2, 0) is 0 Å². The first-order chi connectivity index (χ1) is 9.22. The van der Waals surface area contributed by atoms with Crippen LogP contribution in [0.25, 0.3) is 21.8 Å². The van der Waals surface area contributed by atoms with Crippen molar-refractivity contribution in [2.75, 3.05) is 7.11 Å². The van der Waals surface area contributed by atoms with E-state index in [1.807, 2.05) is 6.07 Å². The Morgan fingerprint density at radius 3 is 2.47 bits per heavy atom. The van der Waals surface area contributed by atoms with Crippen molar-refractivity contribution in [2.45, 2.75) is 0 Å². The quantitative estimate of drug-likeness (QED) is 0.542. The molecule has 1 heterocycles. The van der Waals surface area contributed by atoms with Gasteiger partial charge in [0.2, 0.25) is 0 Å². The molecule has 0 amide bonds. The number of nitrogens with one attached hydrogen (secondary N) is 2. The van der Waals surface area contributed by atoms with Gasteiger partial charge in [0.15, 0.2) is 5.43 Å². The second kappa shape index (κ2) is 4.20. The van der Waals surface area contributed by atoms with E-state index in [2.05, 4.69) is 10.1 Å². The minimum atomic E-state index is -0.0897. The summed E-state index contributed by atoms with van der Waals surface area (Å²) in [7, 11) is 1.56. The highest BCUT2D eigenvalue weighted by Gasteiger charge is 2.07. The Kier molecular flexibility index (Phi) is 2.52. The molecule has 0 saturated heterocycles. The number of nitrogens with zero attached hydrogens (tertiary/aromatic N) is 1. The maximum atomic E-state index is 12.4. The van der Waals surface area contributed by atoms with Crippen LogP contribution in [0.15, 0.2) is 46.3 Å². The maximum Gasteiger partial charge on any atom is 0.197 e. The van der Waals surface area contributed by atoms with Crippen LogP contribution < -0.4 is 10.2 Å². The molecule has 0 spiro atoms. The molecule has 3 rings (SSSR count). The molecular formula is C14H11N3O2. The molecule has 19 heavy (non-hydrogen) atoms. The number of hydrogen-bond acceptors (Lipinski definition) is 4. The van der Waals surface area contributed by atoms with Gasteiger partial charge in [-0.05, 0) is 36.4 Å². The zero-order valence-electron chi connectivity index (χ0n) is 10.2. The number of pyridine rings is 1. The van der Waals surface area contributed by atoms with E-state index in [-0.39, 0.29) is 5.43 Å². The Balaban J connectivity index is 2.46. The second-order valence-electron chi connectivity index (χ2n) is 4.21. The molecule has 3 aromatic rings. The predicted octanol–water partition coefficient (Wildman–Crippen LogP) is 3.35. The van der Waals surface area contributed by atoms with Crippen LogP contribution in [0.4, 0.5) is 5.69 Å². The van der Waals surface area contributed by atoms with Gasteiger partial charge in [0.1, 0.15) is 5.75 Å². The first kappa shape index (κ1) is 11.4. The normalized spacial score (nSPS) is 10.8. The van der Waals surface area contributed by atoms with Gasteiger partial charge >= 0.3 is 0 Å². The van der Waals surface area contributed by atoms with E-state index in [1.54, 1.807) is 37.4 Å². The highest BCUT2D eigenvalue weighted by Crippen LogP contribution is 2.22. The van der Waals surface area contributed by atoms with Crippen molar-refractivity contribution in [3.8, 4) is 5.75 Å². The molecule has 2 N–H and O–H groups in total. The third kappa shape index (κ3) is 1.76. The molecule has 5 nitrogen and oxygen atoms in total. The van der Waals surface area contributed by atoms with Gasteiger partial charge in [-0.1, -0.05) is 0 Å². The number of ether oxygens (including phenoxy) is 1. The Labute approximate surface area is 108 Å². The number of methoxy groups -OCH3 is 1. The standard InChI is InChI=1S/C14H11N3O2/c1-19-9-3-5-13-11(7-9)14(18)10-6-8(17-15)2-4-12(10)16-13/h2-7,15H,1H3,(H,16,18). The molecule has 94 valence electrons. The van der Waals surface area contributed by atoms with Crippen molar-refractivity contribution in [1.29, 1.82) is 5.53 Å². The van der Waals surface area contributed by atoms with Gasteiger partial charge < -0.3 is 9.72 Å². The smallest absolute Gasteiger partial charge is 0.197 e. The number of rotatable bonds is 2. The maximum absolute atomic E-state index is 12.4. The lowest BCUT2D eigenvalue weighted by molar-refractivity contribution is 0.415. The second-order valence-corrected chi connectivity index (χ2v) is 4.21. The Hall–Kier alpha value is -2.69. The van der Waals surface area contributed by atoms with Gasteiger partial charge in [-0.15, -0.1) is 0 Å². The average Bonchev–Trinajstić information content (AvgIpc) is 2.47. The van der Waals surface area contributed by atoms with Crippen LogP contribution in [0.2, 0.25) is 0 Å². The Morgan fingerprint density at radius 1 is 1.11 bits per heavy atom. The van der Waals surface area contributed by atoms with E-state index in [0.29, 0.717) is 22.2 Å². The monoisotopic (exact) mass is 253 g/mol. The molecule has 0 aliphatic carbocycles. The SMILES string of the molecule is COc1ccc2[nH]c3ccc(N=N)cc3c(=O)c2c1. The number of H-pyrrole nitrogens is 1. The molecule has 1 aromatic heterocycles. The largest absolute Gasteiger partial charge is 0.497 e. The minimum absolute atomic E-state index is 0.0897. The van der Waals surface area contributed by atoms with Crippen LogP contribution in [0, 0.1) is 5.53 Å². The summed E-state index contributed by atoms with van der Waals surface area (Å²) < 4.78 is 5.13.